The van der Waals surface area contributed by atoms with Gasteiger partial charge in [0, 0.05) is 0 Å². The van der Waals surface area contributed by atoms with Gasteiger partial charge in [-0.15, -0.1) is 0 Å². The SMILES string of the molecule is CCCCCCCCCCCCC(CC)(C(N)=O)C1CCCCC1. The lowest BCUT2D eigenvalue weighted by Gasteiger charge is -2.40. The molecular formula is C22H43NO. The van der Waals surface area contributed by atoms with Gasteiger partial charge in [-0.2, -0.15) is 0 Å². The quantitative estimate of drug-likeness (QED) is 0.350. The predicted molar refractivity (Wildman–Crippen MR) is 105 cm³/mol. The minimum absolute atomic E-state index is 0.0205. The van der Waals surface area contributed by atoms with Gasteiger partial charge in [0.15, 0.2) is 0 Å². The second-order valence-electron chi connectivity index (χ2n) is 8.14. The minimum atomic E-state index is -0.208. The highest BCUT2D eigenvalue weighted by molar-refractivity contribution is 5.81. The molecule has 2 nitrogen and oxygen atoms in total. The van der Waals surface area contributed by atoms with E-state index in [0.717, 1.165) is 12.8 Å². The molecule has 0 spiro atoms. The third kappa shape index (κ3) is 7.15. The zero-order chi connectivity index (χ0) is 17.7. The van der Waals surface area contributed by atoms with E-state index in [1.54, 1.807) is 0 Å². The summed E-state index contributed by atoms with van der Waals surface area (Å²) in [5.41, 5.74) is 5.69. The average Bonchev–Trinajstić information content (AvgIpc) is 2.60. The number of carbonyl (C=O) groups excluding carboxylic acids is 1. The number of amides is 1. The topological polar surface area (TPSA) is 43.1 Å². The molecule has 24 heavy (non-hydrogen) atoms. The first-order valence-electron chi connectivity index (χ1n) is 11.0. The summed E-state index contributed by atoms with van der Waals surface area (Å²) in [6.07, 6.45) is 21.8. The second-order valence-corrected chi connectivity index (χ2v) is 8.14. The summed E-state index contributed by atoms with van der Waals surface area (Å²) >= 11 is 0. The molecule has 0 aliphatic heterocycles. The number of hydrogen-bond acceptors (Lipinski definition) is 1. The Balaban J connectivity index is 2.22. The molecule has 1 saturated carbocycles. The molecule has 1 amide bonds. The number of nitrogens with two attached hydrogens (primary N) is 1. The van der Waals surface area contributed by atoms with Crippen molar-refractivity contribution in [3.05, 3.63) is 0 Å². The van der Waals surface area contributed by atoms with Gasteiger partial charge in [-0.3, -0.25) is 4.79 Å². The van der Waals surface area contributed by atoms with Crippen molar-refractivity contribution < 1.29 is 4.79 Å². The van der Waals surface area contributed by atoms with Gasteiger partial charge in [0.1, 0.15) is 0 Å². The van der Waals surface area contributed by atoms with Crippen LogP contribution in [0.1, 0.15) is 123 Å². The maximum Gasteiger partial charge on any atom is 0.223 e. The van der Waals surface area contributed by atoms with Crippen molar-refractivity contribution in [2.24, 2.45) is 17.1 Å². The van der Waals surface area contributed by atoms with Gasteiger partial charge in [0.25, 0.3) is 0 Å². The Kier molecular flexibility index (Phi) is 11.5. The van der Waals surface area contributed by atoms with Crippen molar-refractivity contribution in [2.45, 2.75) is 123 Å². The number of primary amides is 1. The van der Waals surface area contributed by atoms with Crippen LogP contribution in [0.5, 0.6) is 0 Å². The standard InChI is InChI=1S/C22H43NO/c1-3-5-6-7-8-9-10-11-12-16-19-22(4-2,21(23)24)20-17-14-13-15-18-20/h20H,3-19H2,1-2H3,(H2,23,24). The third-order valence-corrected chi connectivity index (χ3v) is 6.48. The molecule has 2 heteroatoms. The van der Waals surface area contributed by atoms with Gasteiger partial charge in [-0.05, 0) is 31.6 Å². The molecule has 2 N–H and O–H groups in total. The van der Waals surface area contributed by atoms with Crippen molar-refractivity contribution in [1.82, 2.24) is 0 Å². The highest BCUT2D eigenvalue weighted by atomic mass is 16.1. The average molecular weight is 338 g/mol. The number of unbranched alkanes of at least 4 members (excludes halogenated alkanes) is 9. The molecule has 0 aromatic carbocycles. The Bertz CT molecular complexity index is 322. The van der Waals surface area contributed by atoms with Crippen molar-refractivity contribution in [1.29, 1.82) is 0 Å². The van der Waals surface area contributed by atoms with Crippen molar-refractivity contribution in [2.75, 3.05) is 0 Å². The molecule has 0 aromatic heterocycles. The van der Waals surface area contributed by atoms with E-state index < -0.39 is 0 Å². The summed E-state index contributed by atoms with van der Waals surface area (Å²) in [5, 5.41) is 0. The largest absolute Gasteiger partial charge is 0.369 e. The Morgan fingerprint density at radius 3 is 1.79 bits per heavy atom. The van der Waals surface area contributed by atoms with Crippen LogP contribution in [-0.2, 0) is 4.79 Å². The highest BCUT2D eigenvalue weighted by Gasteiger charge is 2.42. The highest BCUT2D eigenvalue weighted by Crippen LogP contribution is 2.44. The van der Waals surface area contributed by atoms with Gasteiger partial charge in [0.2, 0.25) is 5.91 Å². The molecule has 0 radical (unpaired) electrons. The molecule has 0 aromatic rings. The van der Waals surface area contributed by atoms with E-state index in [4.69, 9.17) is 5.73 Å². The zero-order valence-corrected chi connectivity index (χ0v) is 16.6. The van der Waals surface area contributed by atoms with E-state index in [2.05, 4.69) is 13.8 Å². The fraction of sp³-hybridized carbons (Fsp3) is 0.955. The van der Waals surface area contributed by atoms with Crippen LogP contribution >= 0.6 is 0 Å². The molecule has 0 bridgehead atoms. The van der Waals surface area contributed by atoms with Gasteiger partial charge < -0.3 is 5.73 Å². The Morgan fingerprint density at radius 2 is 1.33 bits per heavy atom. The monoisotopic (exact) mass is 337 g/mol. The van der Waals surface area contributed by atoms with E-state index in [9.17, 15) is 4.79 Å². The first-order valence-corrected chi connectivity index (χ1v) is 11.0. The fourth-order valence-corrected chi connectivity index (χ4v) is 4.75. The normalized spacial score (nSPS) is 18.4. The molecule has 0 saturated heterocycles. The Morgan fingerprint density at radius 1 is 0.833 bits per heavy atom. The molecule has 1 aliphatic rings. The van der Waals surface area contributed by atoms with Crippen LogP contribution in [-0.4, -0.2) is 5.91 Å². The summed E-state index contributed by atoms with van der Waals surface area (Å²) in [7, 11) is 0. The van der Waals surface area contributed by atoms with Gasteiger partial charge in [-0.25, -0.2) is 0 Å². The summed E-state index contributed by atoms with van der Waals surface area (Å²) in [4.78, 5) is 12.3. The third-order valence-electron chi connectivity index (χ3n) is 6.48. The van der Waals surface area contributed by atoms with Crippen LogP contribution in [0.3, 0.4) is 0 Å². The van der Waals surface area contributed by atoms with Crippen LogP contribution in [0.15, 0.2) is 0 Å². The fourth-order valence-electron chi connectivity index (χ4n) is 4.75. The lowest BCUT2D eigenvalue weighted by Crippen LogP contribution is -2.43. The van der Waals surface area contributed by atoms with Crippen molar-refractivity contribution >= 4 is 5.91 Å². The van der Waals surface area contributed by atoms with Crippen LogP contribution in [0.25, 0.3) is 0 Å². The predicted octanol–water partition coefficient (Wildman–Crippen LogP) is 6.76. The Labute approximate surface area is 151 Å². The lowest BCUT2D eigenvalue weighted by atomic mass is 9.64. The first kappa shape index (κ1) is 21.5. The molecule has 1 aliphatic carbocycles. The summed E-state index contributed by atoms with van der Waals surface area (Å²) in [6.45, 7) is 4.45. The van der Waals surface area contributed by atoms with Crippen LogP contribution in [0, 0.1) is 11.3 Å². The molecule has 1 rings (SSSR count). The molecule has 1 atom stereocenters. The van der Waals surface area contributed by atoms with E-state index >= 15 is 0 Å². The first-order chi connectivity index (χ1) is 11.7. The van der Waals surface area contributed by atoms with E-state index in [-0.39, 0.29) is 11.3 Å². The van der Waals surface area contributed by atoms with Crippen LogP contribution < -0.4 is 5.73 Å². The maximum absolute atomic E-state index is 12.3. The number of rotatable bonds is 14. The van der Waals surface area contributed by atoms with E-state index in [1.165, 1.54) is 96.3 Å². The van der Waals surface area contributed by atoms with Crippen LogP contribution in [0.4, 0.5) is 0 Å². The molecule has 1 fully saturated rings. The lowest BCUT2D eigenvalue weighted by molar-refractivity contribution is -0.133. The number of hydrogen-bond donors (Lipinski definition) is 1. The van der Waals surface area contributed by atoms with Crippen LogP contribution in [0.2, 0.25) is 0 Å². The molecule has 1 unspecified atom stereocenters. The second kappa shape index (κ2) is 12.8. The molecule has 142 valence electrons. The number of carbonyl (C=O) groups is 1. The van der Waals surface area contributed by atoms with Crippen molar-refractivity contribution in [3.8, 4) is 0 Å². The summed E-state index contributed by atoms with van der Waals surface area (Å²) < 4.78 is 0. The zero-order valence-electron chi connectivity index (χ0n) is 16.6. The maximum atomic E-state index is 12.3. The Hall–Kier alpha value is -0.530. The van der Waals surface area contributed by atoms with Gasteiger partial charge >= 0.3 is 0 Å². The van der Waals surface area contributed by atoms with Gasteiger partial charge in [-0.1, -0.05) is 97.3 Å². The van der Waals surface area contributed by atoms with Gasteiger partial charge in [0.05, 0.1) is 5.41 Å². The molecule has 0 heterocycles. The van der Waals surface area contributed by atoms with Crippen molar-refractivity contribution in [3.63, 3.8) is 0 Å². The molecular weight excluding hydrogens is 294 g/mol. The summed E-state index contributed by atoms with van der Waals surface area (Å²) in [5.74, 6) is 0.528. The summed E-state index contributed by atoms with van der Waals surface area (Å²) in [6, 6.07) is 0. The smallest absolute Gasteiger partial charge is 0.223 e. The van der Waals surface area contributed by atoms with E-state index in [1.807, 2.05) is 0 Å². The minimum Gasteiger partial charge on any atom is -0.369 e. The van der Waals surface area contributed by atoms with E-state index in [0.29, 0.717) is 5.92 Å².